The minimum Gasteiger partial charge on any atom is -0.491 e. The average molecular weight is 363 g/mol. The van der Waals surface area contributed by atoms with Gasteiger partial charge in [-0.1, -0.05) is 18.2 Å². The number of benzene rings is 2. The molecule has 0 aliphatic carbocycles. The molecule has 0 aliphatic rings. The molecule has 0 fully saturated rings. The number of hydrogen-bond donors (Lipinski definition) is 0. The normalized spacial score (nSPS) is 11.4. The topological polar surface area (TPSA) is 46.6 Å². The first-order valence-corrected chi connectivity index (χ1v) is 8.19. The van der Waals surface area contributed by atoms with E-state index in [4.69, 9.17) is 0 Å². The maximum atomic E-state index is 14.1. The van der Waals surface area contributed by atoms with Crippen LogP contribution in [0.15, 0.2) is 35.2 Å². The summed E-state index contributed by atoms with van der Waals surface area (Å²) in [6.07, 6.45) is 0. The second kappa shape index (κ2) is 6.68. The zero-order valence-corrected chi connectivity index (χ0v) is 13.5. The summed E-state index contributed by atoms with van der Waals surface area (Å²) in [5, 5.41) is 0. The minimum absolute atomic E-state index is 0.0930. The van der Waals surface area contributed by atoms with Gasteiger partial charge in [0.05, 0.1) is 12.8 Å². The van der Waals surface area contributed by atoms with Crippen LogP contribution in [-0.2, 0) is 10.0 Å². The van der Waals surface area contributed by atoms with Crippen LogP contribution in [0, 0.1) is 23.3 Å². The molecule has 9 heteroatoms. The van der Waals surface area contributed by atoms with E-state index in [0.29, 0.717) is 4.31 Å². The fourth-order valence-corrected chi connectivity index (χ4v) is 3.78. The molecule has 0 aliphatic heterocycles. The summed E-state index contributed by atoms with van der Waals surface area (Å²) >= 11 is 0. The lowest BCUT2D eigenvalue weighted by atomic mass is 10.3. The van der Waals surface area contributed by atoms with Crippen molar-refractivity contribution in [3.05, 3.63) is 53.6 Å². The van der Waals surface area contributed by atoms with E-state index in [1.807, 2.05) is 0 Å². The molecule has 24 heavy (non-hydrogen) atoms. The number of methoxy groups -OCH3 is 1. The molecule has 130 valence electrons. The number of para-hydroxylation sites is 1. The Bertz CT molecular complexity index is 828. The molecule has 0 heterocycles. The van der Waals surface area contributed by atoms with E-state index in [-0.39, 0.29) is 12.2 Å². The van der Waals surface area contributed by atoms with Crippen molar-refractivity contribution >= 4 is 15.7 Å². The first kappa shape index (κ1) is 18.1. The summed E-state index contributed by atoms with van der Waals surface area (Å²) in [6.45, 7) is 1.21. The summed E-state index contributed by atoms with van der Waals surface area (Å²) in [5.74, 6) is -9.25. The molecule has 0 saturated heterocycles. The Morgan fingerprint density at radius 2 is 1.46 bits per heavy atom. The van der Waals surface area contributed by atoms with Crippen molar-refractivity contribution < 1.29 is 30.7 Å². The molecule has 2 aromatic carbocycles. The van der Waals surface area contributed by atoms with Gasteiger partial charge in [-0.05, 0) is 19.1 Å². The lowest BCUT2D eigenvalue weighted by molar-refractivity contribution is 0.322. The van der Waals surface area contributed by atoms with Gasteiger partial charge in [0, 0.05) is 6.54 Å². The van der Waals surface area contributed by atoms with Crippen LogP contribution >= 0.6 is 0 Å². The van der Waals surface area contributed by atoms with E-state index in [9.17, 15) is 26.0 Å². The van der Waals surface area contributed by atoms with Gasteiger partial charge in [0.2, 0.25) is 11.6 Å². The number of sulfonamides is 1. The molecule has 0 aromatic heterocycles. The van der Waals surface area contributed by atoms with Gasteiger partial charge in [-0.2, -0.15) is 8.78 Å². The van der Waals surface area contributed by atoms with Crippen molar-refractivity contribution in [1.29, 1.82) is 0 Å². The molecule has 0 saturated carbocycles. The SMILES string of the molecule is CCN(c1ccccc1)S(=O)(=O)c1c(F)c(F)c(OC)c(F)c1F. The monoisotopic (exact) mass is 363 g/mol. The first-order chi connectivity index (χ1) is 11.3. The molecule has 4 nitrogen and oxygen atoms in total. The van der Waals surface area contributed by atoms with Gasteiger partial charge < -0.3 is 4.74 Å². The fourth-order valence-electron chi connectivity index (χ4n) is 2.19. The average Bonchev–Trinajstić information content (AvgIpc) is 2.55. The van der Waals surface area contributed by atoms with Gasteiger partial charge in [0.1, 0.15) is 0 Å². The van der Waals surface area contributed by atoms with Crippen molar-refractivity contribution in [3.63, 3.8) is 0 Å². The number of hydrogen-bond acceptors (Lipinski definition) is 3. The Hall–Kier alpha value is -2.29. The molecular weight excluding hydrogens is 350 g/mol. The van der Waals surface area contributed by atoms with Gasteiger partial charge in [-0.25, -0.2) is 17.2 Å². The van der Waals surface area contributed by atoms with Gasteiger partial charge in [-0.3, -0.25) is 4.31 Å². The number of halogens is 4. The van der Waals surface area contributed by atoms with E-state index in [1.54, 1.807) is 6.07 Å². The van der Waals surface area contributed by atoms with E-state index in [1.165, 1.54) is 31.2 Å². The molecule has 0 N–H and O–H groups in total. The van der Waals surface area contributed by atoms with Crippen LogP contribution in [-0.4, -0.2) is 22.1 Å². The number of anilines is 1. The standard InChI is InChI=1S/C15H13F4NO3S/c1-3-20(9-7-5-4-6-8-9)24(21,22)15-12(18)10(16)14(23-2)11(17)13(15)19/h4-8H,3H2,1-2H3. The fraction of sp³-hybridized carbons (Fsp3) is 0.200. The van der Waals surface area contributed by atoms with Crippen molar-refractivity contribution in [3.8, 4) is 5.75 Å². The number of nitrogens with zero attached hydrogens (tertiary/aromatic N) is 1. The Labute approximate surface area is 136 Å². The minimum atomic E-state index is -4.89. The van der Waals surface area contributed by atoms with E-state index >= 15 is 0 Å². The summed E-state index contributed by atoms with van der Waals surface area (Å²) in [4.78, 5) is -1.70. The van der Waals surface area contributed by atoms with Gasteiger partial charge in [0.25, 0.3) is 10.0 Å². The van der Waals surface area contributed by atoms with Crippen LogP contribution in [0.25, 0.3) is 0 Å². The van der Waals surface area contributed by atoms with E-state index < -0.39 is 43.9 Å². The molecule has 2 aromatic rings. The Kier molecular flexibility index (Phi) is 5.02. The third kappa shape index (κ3) is 2.79. The molecule has 0 radical (unpaired) electrons. The maximum absolute atomic E-state index is 14.1. The van der Waals surface area contributed by atoms with E-state index in [2.05, 4.69) is 4.74 Å². The van der Waals surface area contributed by atoms with Crippen molar-refractivity contribution in [2.24, 2.45) is 0 Å². The van der Waals surface area contributed by atoms with Crippen LogP contribution in [0.4, 0.5) is 23.2 Å². The molecule has 2 rings (SSSR count). The van der Waals surface area contributed by atoms with Crippen molar-refractivity contribution in [2.75, 3.05) is 18.0 Å². The second-order valence-electron chi connectivity index (χ2n) is 4.62. The van der Waals surface area contributed by atoms with Gasteiger partial charge >= 0.3 is 0 Å². The molecule has 0 unspecified atom stereocenters. The molecule has 0 spiro atoms. The second-order valence-corrected chi connectivity index (χ2v) is 6.42. The van der Waals surface area contributed by atoms with Crippen molar-refractivity contribution in [1.82, 2.24) is 0 Å². The third-order valence-electron chi connectivity index (χ3n) is 3.27. The first-order valence-electron chi connectivity index (χ1n) is 6.75. The highest BCUT2D eigenvalue weighted by Crippen LogP contribution is 2.34. The highest BCUT2D eigenvalue weighted by Gasteiger charge is 2.37. The van der Waals surface area contributed by atoms with Crippen LogP contribution in [0.3, 0.4) is 0 Å². The number of ether oxygens (including phenoxy) is 1. The quantitative estimate of drug-likeness (QED) is 0.604. The zero-order chi connectivity index (χ0) is 18.1. The maximum Gasteiger partial charge on any atom is 0.270 e. The lowest BCUT2D eigenvalue weighted by Crippen LogP contribution is -2.32. The smallest absolute Gasteiger partial charge is 0.270 e. The molecule has 0 amide bonds. The highest BCUT2D eigenvalue weighted by molar-refractivity contribution is 7.92. The third-order valence-corrected chi connectivity index (χ3v) is 5.19. The van der Waals surface area contributed by atoms with Gasteiger partial charge in [-0.15, -0.1) is 0 Å². The Morgan fingerprint density at radius 1 is 0.958 bits per heavy atom. The number of rotatable bonds is 5. The Balaban J connectivity index is 2.74. The van der Waals surface area contributed by atoms with Crippen LogP contribution in [0.1, 0.15) is 6.92 Å². The molecular formula is C15H13F4NO3S. The predicted molar refractivity (Wildman–Crippen MR) is 79.5 cm³/mol. The predicted octanol–water partition coefficient (Wildman–Crippen LogP) is 3.47. The summed E-state index contributed by atoms with van der Waals surface area (Å²) in [5.41, 5.74) is 0.0930. The molecule has 0 bridgehead atoms. The van der Waals surface area contributed by atoms with E-state index in [0.717, 1.165) is 7.11 Å². The highest BCUT2D eigenvalue weighted by atomic mass is 32.2. The van der Waals surface area contributed by atoms with Crippen LogP contribution in [0.5, 0.6) is 5.75 Å². The van der Waals surface area contributed by atoms with Crippen molar-refractivity contribution in [2.45, 2.75) is 11.8 Å². The summed E-state index contributed by atoms with van der Waals surface area (Å²) in [7, 11) is -4.09. The summed E-state index contributed by atoms with van der Waals surface area (Å²) in [6, 6.07) is 7.39. The zero-order valence-electron chi connectivity index (χ0n) is 12.7. The lowest BCUT2D eigenvalue weighted by Gasteiger charge is -2.23. The largest absolute Gasteiger partial charge is 0.491 e. The Morgan fingerprint density at radius 3 is 1.88 bits per heavy atom. The van der Waals surface area contributed by atoms with Gasteiger partial charge in [0.15, 0.2) is 22.3 Å². The van der Waals surface area contributed by atoms with Crippen LogP contribution < -0.4 is 9.04 Å². The molecule has 0 atom stereocenters. The van der Waals surface area contributed by atoms with Crippen LogP contribution in [0.2, 0.25) is 0 Å². The summed E-state index contributed by atoms with van der Waals surface area (Å²) < 4.78 is 85.9.